The number of benzene rings is 10. The summed E-state index contributed by atoms with van der Waals surface area (Å²) in [6, 6.07) is 84.9. The van der Waals surface area contributed by atoms with Gasteiger partial charge in [0.1, 0.15) is 11.2 Å². The van der Waals surface area contributed by atoms with Gasteiger partial charge in [-0.1, -0.05) is 182 Å². The Hall–Kier alpha value is -7.94. The Labute approximate surface area is 349 Å². The van der Waals surface area contributed by atoms with E-state index in [2.05, 4.69) is 229 Å². The van der Waals surface area contributed by atoms with Crippen molar-refractivity contribution in [3.05, 3.63) is 237 Å². The zero-order valence-electron chi connectivity index (χ0n) is 32.9. The van der Waals surface area contributed by atoms with Crippen LogP contribution in [0.3, 0.4) is 0 Å². The molecule has 11 rings (SSSR count). The highest BCUT2D eigenvalue weighted by atomic mass is 16.3. The SMILES string of the molecule is c1ccc(-c2ccc(-c3cccc(N(c4ccc(-c5cccc(-c6ccc7ccccc7c6)c5)cc4)c4ccc(-c5cccc6c5oc5ccccc56)cc4)c3)cc2)cc1. The van der Waals surface area contributed by atoms with Crippen LogP contribution in [-0.4, -0.2) is 0 Å². The van der Waals surface area contributed by atoms with Crippen LogP contribution in [0.1, 0.15) is 0 Å². The van der Waals surface area contributed by atoms with Crippen LogP contribution in [0.25, 0.3) is 88.3 Å². The van der Waals surface area contributed by atoms with Gasteiger partial charge in [-0.2, -0.15) is 0 Å². The molecule has 1 heterocycles. The number of para-hydroxylation sites is 2. The van der Waals surface area contributed by atoms with Crippen LogP contribution in [0.2, 0.25) is 0 Å². The standard InChI is InChI=1S/C58H39NO/c1-2-11-40(12-3-1)42-23-25-43(26-24-42)49-17-9-18-53(39-49)59(52-35-31-45(32-36-52)54-20-10-21-56-55-19-6-7-22-57(55)60-58(54)56)51-33-29-44(30-34-51)47-15-8-16-48(37-47)50-28-27-41-13-4-5-14-46(41)38-50/h1-39H. The fourth-order valence-corrected chi connectivity index (χ4v) is 8.57. The number of fused-ring (bicyclic) bond motifs is 4. The van der Waals surface area contributed by atoms with Gasteiger partial charge in [-0.05, 0) is 115 Å². The Bertz CT molecular complexity index is 3290. The van der Waals surface area contributed by atoms with Crippen molar-refractivity contribution in [3.63, 3.8) is 0 Å². The number of hydrogen-bond donors (Lipinski definition) is 0. The summed E-state index contributed by atoms with van der Waals surface area (Å²) in [5.41, 5.74) is 16.8. The molecule has 0 aliphatic rings. The lowest BCUT2D eigenvalue weighted by atomic mass is 9.97. The summed E-state index contributed by atoms with van der Waals surface area (Å²) in [6.45, 7) is 0. The van der Waals surface area contributed by atoms with Crippen molar-refractivity contribution in [1.29, 1.82) is 0 Å². The van der Waals surface area contributed by atoms with E-state index in [4.69, 9.17) is 4.42 Å². The Morgan fingerprint density at radius 2 is 0.750 bits per heavy atom. The molecule has 0 spiro atoms. The minimum absolute atomic E-state index is 0.904. The molecule has 0 saturated carbocycles. The molecule has 11 aromatic rings. The van der Waals surface area contributed by atoms with Crippen molar-refractivity contribution >= 4 is 49.8 Å². The van der Waals surface area contributed by atoms with Gasteiger partial charge in [-0.25, -0.2) is 0 Å². The molecule has 0 saturated heterocycles. The average Bonchev–Trinajstić information content (AvgIpc) is 3.72. The van der Waals surface area contributed by atoms with E-state index in [0.717, 1.165) is 55.7 Å². The molecule has 0 atom stereocenters. The van der Waals surface area contributed by atoms with E-state index in [1.54, 1.807) is 0 Å². The highest BCUT2D eigenvalue weighted by molar-refractivity contribution is 6.09. The van der Waals surface area contributed by atoms with Gasteiger partial charge in [0.05, 0.1) is 0 Å². The molecule has 0 radical (unpaired) electrons. The van der Waals surface area contributed by atoms with E-state index in [1.165, 1.54) is 49.7 Å². The first-order valence-electron chi connectivity index (χ1n) is 20.5. The van der Waals surface area contributed by atoms with E-state index in [1.807, 2.05) is 12.1 Å². The topological polar surface area (TPSA) is 16.4 Å². The Balaban J connectivity index is 0.964. The molecule has 282 valence electrons. The molecule has 2 nitrogen and oxygen atoms in total. The number of nitrogens with zero attached hydrogens (tertiary/aromatic N) is 1. The van der Waals surface area contributed by atoms with Gasteiger partial charge >= 0.3 is 0 Å². The summed E-state index contributed by atoms with van der Waals surface area (Å²) >= 11 is 0. The number of anilines is 3. The average molecular weight is 766 g/mol. The second kappa shape index (κ2) is 15.1. The molecule has 0 N–H and O–H groups in total. The molecule has 2 heteroatoms. The first-order chi connectivity index (χ1) is 29.7. The first-order valence-corrected chi connectivity index (χ1v) is 20.5. The maximum atomic E-state index is 6.43. The minimum atomic E-state index is 0.904. The molecule has 0 bridgehead atoms. The van der Waals surface area contributed by atoms with E-state index >= 15 is 0 Å². The van der Waals surface area contributed by atoms with Crippen molar-refractivity contribution in [2.24, 2.45) is 0 Å². The second-order valence-corrected chi connectivity index (χ2v) is 15.3. The van der Waals surface area contributed by atoms with Crippen LogP contribution in [-0.2, 0) is 0 Å². The molecule has 10 aromatic carbocycles. The fourth-order valence-electron chi connectivity index (χ4n) is 8.57. The molecule has 0 fully saturated rings. The first kappa shape index (κ1) is 35.2. The van der Waals surface area contributed by atoms with Gasteiger partial charge in [0, 0.05) is 33.4 Å². The molecule has 0 aliphatic carbocycles. The maximum absolute atomic E-state index is 6.43. The Morgan fingerprint density at radius 1 is 0.267 bits per heavy atom. The predicted molar refractivity (Wildman–Crippen MR) is 253 cm³/mol. The predicted octanol–water partition coefficient (Wildman–Crippen LogP) is 16.5. The van der Waals surface area contributed by atoms with Crippen LogP contribution in [0, 0.1) is 0 Å². The molecule has 1 aromatic heterocycles. The van der Waals surface area contributed by atoms with Crippen LogP contribution in [0.15, 0.2) is 241 Å². The number of rotatable bonds is 8. The van der Waals surface area contributed by atoms with Gasteiger partial charge in [0.15, 0.2) is 0 Å². The molecule has 0 amide bonds. The fraction of sp³-hybridized carbons (Fsp3) is 0. The smallest absolute Gasteiger partial charge is 0.143 e. The van der Waals surface area contributed by atoms with E-state index in [-0.39, 0.29) is 0 Å². The van der Waals surface area contributed by atoms with Crippen LogP contribution in [0.5, 0.6) is 0 Å². The molecule has 60 heavy (non-hydrogen) atoms. The van der Waals surface area contributed by atoms with Crippen molar-refractivity contribution in [1.82, 2.24) is 0 Å². The lowest BCUT2D eigenvalue weighted by Gasteiger charge is -2.26. The van der Waals surface area contributed by atoms with Crippen LogP contribution < -0.4 is 4.90 Å². The lowest BCUT2D eigenvalue weighted by Crippen LogP contribution is -2.10. The van der Waals surface area contributed by atoms with Gasteiger partial charge in [0.2, 0.25) is 0 Å². The van der Waals surface area contributed by atoms with Gasteiger partial charge in [0.25, 0.3) is 0 Å². The summed E-state index contributed by atoms with van der Waals surface area (Å²) in [7, 11) is 0. The van der Waals surface area contributed by atoms with Crippen molar-refractivity contribution in [3.8, 4) is 55.6 Å². The molecular weight excluding hydrogens is 727 g/mol. The Kier molecular flexibility index (Phi) is 8.87. The van der Waals surface area contributed by atoms with Gasteiger partial charge < -0.3 is 9.32 Å². The highest BCUT2D eigenvalue weighted by Crippen LogP contribution is 2.41. The summed E-state index contributed by atoms with van der Waals surface area (Å²) in [6.07, 6.45) is 0. The minimum Gasteiger partial charge on any atom is -0.455 e. The lowest BCUT2D eigenvalue weighted by molar-refractivity contribution is 0.670. The third kappa shape index (κ3) is 6.61. The maximum Gasteiger partial charge on any atom is 0.143 e. The third-order valence-corrected chi connectivity index (χ3v) is 11.7. The van der Waals surface area contributed by atoms with Crippen LogP contribution >= 0.6 is 0 Å². The van der Waals surface area contributed by atoms with Gasteiger partial charge in [-0.15, -0.1) is 0 Å². The summed E-state index contributed by atoms with van der Waals surface area (Å²) in [5, 5.41) is 4.76. The second-order valence-electron chi connectivity index (χ2n) is 15.3. The molecular formula is C58H39NO. The monoisotopic (exact) mass is 765 g/mol. The number of furan rings is 1. The normalized spacial score (nSPS) is 11.3. The Morgan fingerprint density at radius 3 is 1.50 bits per heavy atom. The summed E-state index contributed by atoms with van der Waals surface area (Å²) in [5.74, 6) is 0. The third-order valence-electron chi connectivity index (χ3n) is 11.7. The zero-order valence-corrected chi connectivity index (χ0v) is 32.9. The number of hydrogen-bond acceptors (Lipinski definition) is 2. The largest absolute Gasteiger partial charge is 0.455 e. The van der Waals surface area contributed by atoms with E-state index in [9.17, 15) is 0 Å². The zero-order chi connectivity index (χ0) is 39.8. The van der Waals surface area contributed by atoms with Crippen molar-refractivity contribution in [2.75, 3.05) is 4.90 Å². The van der Waals surface area contributed by atoms with E-state index < -0.39 is 0 Å². The van der Waals surface area contributed by atoms with Crippen LogP contribution in [0.4, 0.5) is 17.1 Å². The van der Waals surface area contributed by atoms with Crippen molar-refractivity contribution in [2.45, 2.75) is 0 Å². The summed E-state index contributed by atoms with van der Waals surface area (Å²) < 4.78 is 6.43. The van der Waals surface area contributed by atoms with Crippen molar-refractivity contribution < 1.29 is 4.42 Å². The molecule has 0 unspecified atom stereocenters. The highest BCUT2D eigenvalue weighted by Gasteiger charge is 2.17. The van der Waals surface area contributed by atoms with Gasteiger partial charge in [-0.3, -0.25) is 0 Å². The quantitative estimate of drug-likeness (QED) is 0.153. The molecule has 0 aliphatic heterocycles. The van der Waals surface area contributed by atoms with E-state index in [0.29, 0.717) is 0 Å². The summed E-state index contributed by atoms with van der Waals surface area (Å²) in [4.78, 5) is 2.35.